The Labute approximate surface area is 73.6 Å². The second kappa shape index (κ2) is 3.59. The molecule has 0 aromatic heterocycles. The maximum atomic E-state index is 5.88. The van der Waals surface area contributed by atoms with E-state index in [0.717, 1.165) is 17.7 Å². The lowest BCUT2D eigenvalue weighted by atomic mass is 10.0. The fourth-order valence-corrected chi connectivity index (χ4v) is 1.24. The fraction of sp³-hybridized carbons (Fsp3) is 0.400. The number of nitrogen functional groups attached to an aromatic ring is 1. The van der Waals surface area contributed by atoms with Crippen molar-refractivity contribution >= 4 is 5.69 Å². The summed E-state index contributed by atoms with van der Waals surface area (Å²) in [5.74, 6) is 0. The molecule has 1 atom stereocenters. The number of hydrogen-bond acceptors (Lipinski definition) is 2. The van der Waals surface area contributed by atoms with Crippen LogP contribution in [0.5, 0.6) is 0 Å². The van der Waals surface area contributed by atoms with Crippen LogP contribution in [-0.4, -0.2) is 0 Å². The van der Waals surface area contributed by atoms with Gasteiger partial charge in [-0.25, -0.2) is 0 Å². The van der Waals surface area contributed by atoms with Crippen LogP contribution < -0.4 is 11.5 Å². The first-order chi connectivity index (χ1) is 5.65. The zero-order valence-electron chi connectivity index (χ0n) is 7.67. The number of nitrogens with two attached hydrogens (primary N) is 2. The molecule has 2 nitrogen and oxygen atoms in total. The molecule has 0 bridgehead atoms. The van der Waals surface area contributed by atoms with Crippen LogP contribution in [0.1, 0.15) is 30.5 Å². The maximum absolute atomic E-state index is 5.88. The zero-order chi connectivity index (χ0) is 9.14. The SMILES string of the molecule is CCC(N)c1cc(C)ccc1N. The van der Waals surface area contributed by atoms with Crippen LogP contribution in [0.25, 0.3) is 0 Å². The second-order valence-electron chi connectivity index (χ2n) is 3.15. The van der Waals surface area contributed by atoms with Crippen LogP contribution in [0.2, 0.25) is 0 Å². The number of aryl methyl sites for hydroxylation is 1. The molecule has 0 heterocycles. The van der Waals surface area contributed by atoms with Crippen LogP contribution in [-0.2, 0) is 0 Å². The van der Waals surface area contributed by atoms with Gasteiger partial charge in [0, 0.05) is 11.7 Å². The Kier molecular flexibility index (Phi) is 2.71. The molecular formula is C10H16N2. The molecule has 1 aromatic rings. The molecule has 2 heteroatoms. The summed E-state index contributed by atoms with van der Waals surface area (Å²) in [4.78, 5) is 0. The topological polar surface area (TPSA) is 52.0 Å². The van der Waals surface area contributed by atoms with Crippen molar-refractivity contribution in [1.29, 1.82) is 0 Å². The van der Waals surface area contributed by atoms with E-state index in [1.54, 1.807) is 0 Å². The van der Waals surface area contributed by atoms with Gasteiger partial charge in [-0.2, -0.15) is 0 Å². The molecule has 0 spiro atoms. The van der Waals surface area contributed by atoms with Crippen molar-refractivity contribution in [2.45, 2.75) is 26.3 Å². The Balaban J connectivity index is 3.04. The molecule has 0 saturated heterocycles. The average Bonchev–Trinajstić information content (AvgIpc) is 2.08. The summed E-state index contributed by atoms with van der Waals surface area (Å²) in [6.07, 6.45) is 0.924. The van der Waals surface area contributed by atoms with Crippen molar-refractivity contribution < 1.29 is 0 Å². The van der Waals surface area contributed by atoms with E-state index in [4.69, 9.17) is 11.5 Å². The van der Waals surface area contributed by atoms with E-state index in [1.165, 1.54) is 5.56 Å². The Morgan fingerprint density at radius 2 is 2.08 bits per heavy atom. The number of hydrogen-bond donors (Lipinski definition) is 2. The third-order valence-corrected chi connectivity index (χ3v) is 2.08. The summed E-state index contributed by atoms with van der Waals surface area (Å²) < 4.78 is 0. The number of anilines is 1. The maximum Gasteiger partial charge on any atom is 0.0362 e. The van der Waals surface area contributed by atoms with Crippen LogP contribution >= 0.6 is 0 Å². The Morgan fingerprint density at radius 3 is 2.67 bits per heavy atom. The first kappa shape index (κ1) is 9.07. The van der Waals surface area contributed by atoms with Gasteiger partial charge in [0.25, 0.3) is 0 Å². The molecule has 4 N–H and O–H groups in total. The second-order valence-corrected chi connectivity index (χ2v) is 3.15. The van der Waals surface area contributed by atoms with Gasteiger partial charge >= 0.3 is 0 Å². The summed E-state index contributed by atoms with van der Waals surface area (Å²) >= 11 is 0. The monoisotopic (exact) mass is 164 g/mol. The zero-order valence-corrected chi connectivity index (χ0v) is 7.67. The van der Waals surface area contributed by atoms with E-state index in [-0.39, 0.29) is 6.04 Å². The lowest BCUT2D eigenvalue weighted by Crippen LogP contribution is -2.11. The molecule has 0 saturated carbocycles. The van der Waals surface area contributed by atoms with Gasteiger partial charge < -0.3 is 11.5 Å². The highest BCUT2D eigenvalue weighted by Gasteiger charge is 2.06. The molecule has 0 fully saturated rings. The fourth-order valence-electron chi connectivity index (χ4n) is 1.24. The Hall–Kier alpha value is -1.02. The minimum absolute atomic E-state index is 0.0740. The van der Waals surface area contributed by atoms with Gasteiger partial charge in [-0.1, -0.05) is 24.6 Å². The molecule has 1 rings (SSSR count). The van der Waals surface area contributed by atoms with Gasteiger partial charge in [0.2, 0.25) is 0 Å². The summed E-state index contributed by atoms with van der Waals surface area (Å²) in [5, 5.41) is 0. The van der Waals surface area contributed by atoms with Crippen LogP contribution in [0.15, 0.2) is 18.2 Å². The van der Waals surface area contributed by atoms with Gasteiger partial charge in [-0.05, 0) is 25.0 Å². The molecule has 0 radical (unpaired) electrons. The number of rotatable bonds is 2. The van der Waals surface area contributed by atoms with Gasteiger partial charge in [-0.15, -0.1) is 0 Å². The van der Waals surface area contributed by atoms with Crippen molar-refractivity contribution in [3.8, 4) is 0 Å². The van der Waals surface area contributed by atoms with Crippen LogP contribution in [0.3, 0.4) is 0 Å². The molecule has 12 heavy (non-hydrogen) atoms. The first-order valence-electron chi connectivity index (χ1n) is 4.26. The molecule has 1 aromatic carbocycles. The van der Waals surface area contributed by atoms with E-state index in [2.05, 4.69) is 13.0 Å². The Bertz CT molecular complexity index is 269. The predicted octanol–water partition coefficient (Wildman–Crippen LogP) is 1.99. The van der Waals surface area contributed by atoms with E-state index >= 15 is 0 Å². The quantitative estimate of drug-likeness (QED) is 0.657. The lowest BCUT2D eigenvalue weighted by Gasteiger charge is -2.12. The number of benzene rings is 1. The van der Waals surface area contributed by atoms with E-state index in [1.807, 2.05) is 19.1 Å². The van der Waals surface area contributed by atoms with Gasteiger partial charge in [0.1, 0.15) is 0 Å². The van der Waals surface area contributed by atoms with Gasteiger partial charge in [0.05, 0.1) is 0 Å². The molecule has 0 aliphatic rings. The lowest BCUT2D eigenvalue weighted by molar-refractivity contribution is 0.700. The van der Waals surface area contributed by atoms with Crippen molar-refractivity contribution in [2.24, 2.45) is 5.73 Å². The van der Waals surface area contributed by atoms with Crippen LogP contribution in [0, 0.1) is 6.92 Å². The van der Waals surface area contributed by atoms with Crippen molar-refractivity contribution in [2.75, 3.05) is 5.73 Å². The minimum atomic E-state index is 0.0740. The van der Waals surface area contributed by atoms with Crippen molar-refractivity contribution in [1.82, 2.24) is 0 Å². The molecule has 0 aliphatic heterocycles. The molecular weight excluding hydrogens is 148 g/mol. The molecule has 0 amide bonds. The average molecular weight is 164 g/mol. The summed E-state index contributed by atoms with van der Waals surface area (Å²) in [5.41, 5.74) is 14.7. The molecule has 0 aliphatic carbocycles. The smallest absolute Gasteiger partial charge is 0.0362 e. The van der Waals surface area contributed by atoms with Gasteiger partial charge in [-0.3, -0.25) is 0 Å². The Morgan fingerprint density at radius 1 is 1.42 bits per heavy atom. The highest BCUT2D eigenvalue weighted by atomic mass is 14.7. The van der Waals surface area contributed by atoms with Gasteiger partial charge in [0.15, 0.2) is 0 Å². The normalized spacial score (nSPS) is 12.9. The molecule has 66 valence electrons. The highest BCUT2D eigenvalue weighted by molar-refractivity contribution is 5.49. The van der Waals surface area contributed by atoms with E-state index < -0.39 is 0 Å². The highest BCUT2D eigenvalue weighted by Crippen LogP contribution is 2.21. The van der Waals surface area contributed by atoms with Crippen molar-refractivity contribution in [3.63, 3.8) is 0 Å². The molecule has 1 unspecified atom stereocenters. The van der Waals surface area contributed by atoms with E-state index in [0.29, 0.717) is 0 Å². The van der Waals surface area contributed by atoms with E-state index in [9.17, 15) is 0 Å². The van der Waals surface area contributed by atoms with Crippen LogP contribution in [0.4, 0.5) is 5.69 Å². The predicted molar refractivity (Wildman–Crippen MR) is 52.8 cm³/mol. The largest absolute Gasteiger partial charge is 0.398 e. The summed E-state index contributed by atoms with van der Waals surface area (Å²) in [6, 6.07) is 6.05. The van der Waals surface area contributed by atoms with Crippen molar-refractivity contribution in [3.05, 3.63) is 29.3 Å². The summed E-state index contributed by atoms with van der Waals surface area (Å²) in [6.45, 7) is 4.11. The third-order valence-electron chi connectivity index (χ3n) is 2.08. The summed E-state index contributed by atoms with van der Waals surface area (Å²) in [7, 11) is 0. The third kappa shape index (κ3) is 1.77. The standard InChI is InChI=1S/C10H16N2/c1-3-9(11)8-6-7(2)4-5-10(8)12/h4-6,9H,3,11-12H2,1-2H3. The first-order valence-corrected chi connectivity index (χ1v) is 4.26. The minimum Gasteiger partial charge on any atom is -0.398 e.